The summed E-state index contributed by atoms with van der Waals surface area (Å²) in [7, 11) is 0. The second-order valence-corrected chi connectivity index (χ2v) is 7.74. The molecular weight excluding hydrogens is 256 g/mol. The molecule has 1 saturated carbocycles. The number of nitrogens with one attached hydrogen (secondary N) is 1. The third-order valence-electron chi connectivity index (χ3n) is 4.93. The number of hydrogen-bond donors (Lipinski definition) is 1. The third-order valence-corrected chi connectivity index (χ3v) is 6.31. The van der Waals surface area contributed by atoms with Gasteiger partial charge < -0.3 is 4.90 Å². The van der Waals surface area contributed by atoms with Gasteiger partial charge in [-0.15, -0.1) is 0 Å². The summed E-state index contributed by atoms with van der Waals surface area (Å²) < 4.78 is 0. The summed E-state index contributed by atoms with van der Waals surface area (Å²) in [6, 6.07) is 0. The molecule has 1 N–H and O–H groups in total. The molecule has 2 saturated heterocycles. The monoisotopic (exact) mass is 282 g/mol. The number of hydrogen-bond acceptors (Lipinski definition) is 3. The van der Waals surface area contributed by atoms with Crippen LogP contribution < -0.4 is 5.32 Å². The fourth-order valence-electron chi connectivity index (χ4n) is 3.93. The fourth-order valence-corrected chi connectivity index (χ4v) is 5.20. The normalized spacial score (nSPS) is 33.7. The Hall–Kier alpha value is -0.220. The average Bonchev–Trinajstić information content (AvgIpc) is 3.10. The third kappa shape index (κ3) is 2.54. The first-order valence-corrected chi connectivity index (χ1v) is 9.00. The maximum absolute atomic E-state index is 12.9. The number of amides is 1. The Morgan fingerprint density at radius 3 is 2.79 bits per heavy atom. The van der Waals surface area contributed by atoms with Gasteiger partial charge in [0, 0.05) is 11.8 Å². The quantitative estimate of drug-likeness (QED) is 0.860. The standard InChI is InChI=1S/C15H26N2OS/c1-2-6-13-16-15(8-3-4-9-15)14(18)17(13)11-12-7-5-10-19-12/h12-13,16H,2-11H2,1H3. The minimum absolute atomic E-state index is 0.177. The molecule has 2 heterocycles. The highest BCUT2D eigenvalue weighted by Crippen LogP contribution is 2.38. The average molecular weight is 282 g/mol. The zero-order chi connectivity index (χ0) is 13.3. The van der Waals surface area contributed by atoms with Crippen molar-refractivity contribution in [2.45, 2.75) is 75.2 Å². The van der Waals surface area contributed by atoms with Crippen LogP contribution in [-0.4, -0.2) is 40.1 Å². The van der Waals surface area contributed by atoms with Crippen molar-refractivity contribution in [3.05, 3.63) is 0 Å². The van der Waals surface area contributed by atoms with Gasteiger partial charge in [0.25, 0.3) is 0 Å². The van der Waals surface area contributed by atoms with E-state index in [9.17, 15) is 4.79 Å². The predicted octanol–water partition coefficient (Wildman–Crippen LogP) is 2.75. The summed E-state index contributed by atoms with van der Waals surface area (Å²) in [5, 5.41) is 4.39. The fraction of sp³-hybridized carbons (Fsp3) is 0.933. The number of carbonyl (C=O) groups is 1. The van der Waals surface area contributed by atoms with Crippen LogP contribution in [0, 0.1) is 0 Å². The van der Waals surface area contributed by atoms with E-state index in [0.29, 0.717) is 17.3 Å². The van der Waals surface area contributed by atoms with E-state index in [1.54, 1.807) is 0 Å². The van der Waals surface area contributed by atoms with Crippen LogP contribution in [0.5, 0.6) is 0 Å². The van der Waals surface area contributed by atoms with Gasteiger partial charge in [-0.25, -0.2) is 0 Å². The Morgan fingerprint density at radius 1 is 1.37 bits per heavy atom. The van der Waals surface area contributed by atoms with Crippen molar-refractivity contribution in [2.75, 3.05) is 12.3 Å². The Morgan fingerprint density at radius 2 is 2.16 bits per heavy atom. The Balaban J connectivity index is 1.72. The van der Waals surface area contributed by atoms with E-state index in [2.05, 4.69) is 28.9 Å². The molecule has 2 atom stereocenters. The van der Waals surface area contributed by atoms with Gasteiger partial charge in [0.05, 0.1) is 11.7 Å². The zero-order valence-corrected chi connectivity index (χ0v) is 12.8. The number of nitrogens with zero attached hydrogens (tertiary/aromatic N) is 1. The van der Waals surface area contributed by atoms with Crippen molar-refractivity contribution in [1.29, 1.82) is 0 Å². The van der Waals surface area contributed by atoms with Crippen molar-refractivity contribution >= 4 is 17.7 Å². The summed E-state index contributed by atoms with van der Waals surface area (Å²) in [4.78, 5) is 15.0. The van der Waals surface area contributed by atoms with Gasteiger partial charge in [0.1, 0.15) is 0 Å². The lowest BCUT2D eigenvalue weighted by Crippen LogP contribution is -2.44. The van der Waals surface area contributed by atoms with Crippen LogP contribution in [0.4, 0.5) is 0 Å². The van der Waals surface area contributed by atoms with Crippen LogP contribution in [0.3, 0.4) is 0 Å². The second-order valence-electron chi connectivity index (χ2n) is 6.33. The lowest BCUT2D eigenvalue weighted by Gasteiger charge is -2.26. The first-order valence-electron chi connectivity index (χ1n) is 7.95. The molecule has 1 spiro atoms. The lowest BCUT2D eigenvalue weighted by atomic mass is 9.98. The summed E-state index contributed by atoms with van der Waals surface area (Å²) in [5.41, 5.74) is -0.177. The van der Waals surface area contributed by atoms with Gasteiger partial charge in [-0.1, -0.05) is 26.2 Å². The van der Waals surface area contributed by atoms with E-state index in [1.165, 1.54) is 31.4 Å². The van der Waals surface area contributed by atoms with Crippen LogP contribution >= 0.6 is 11.8 Å². The first-order chi connectivity index (χ1) is 9.25. The van der Waals surface area contributed by atoms with Gasteiger partial charge in [-0.05, 0) is 37.9 Å². The molecule has 0 bridgehead atoms. The maximum Gasteiger partial charge on any atom is 0.244 e. The highest BCUT2D eigenvalue weighted by atomic mass is 32.2. The molecule has 1 aliphatic carbocycles. The van der Waals surface area contributed by atoms with E-state index in [4.69, 9.17) is 0 Å². The molecule has 4 heteroatoms. The van der Waals surface area contributed by atoms with E-state index in [-0.39, 0.29) is 5.54 Å². The van der Waals surface area contributed by atoms with Crippen molar-refractivity contribution in [2.24, 2.45) is 0 Å². The molecule has 0 aromatic carbocycles. The van der Waals surface area contributed by atoms with Crippen LogP contribution in [0.25, 0.3) is 0 Å². The minimum Gasteiger partial charge on any atom is -0.324 e. The van der Waals surface area contributed by atoms with Crippen molar-refractivity contribution in [1.82, 2.24) is 10.2 Å². The van der Waals surface area contributed by atoms with Crippen LogP contribution in [0.15, 0.2) is 0 Å². The molecule has 1 amide bonds. The van der Waals surface area contributed by atoms with Gasteiger partial charge in [-0.3, -0.25) is 10.1 Å². The van der Waals surface area contributed by atoms with Crippen molar-refractivity contribution in [3.63, 3.8) is 0 Å². The second kappa shape index (κ2) is 5.65. The minimum atomic E-state index is -0.177. The summed E-state index contributed by atoms with van der Waals surface area (Å²) in [5.74, 6) is 1.69. The Kier molecular flexibility index (Phi) is 4.08. The van der Waals surface area contributed by atoms with Gasteiger partial charge in [0.2, 0.25) is 5.91 Å². The smallest absolute Gasteiger partial charge is 0.244 e. The highest BCUT2D eigenvalue weighted by Gasteiger charge is 2.52. The Bertz CT molecular complexity index is 335. The number of carbonyl (C=O) groups excluding carboxylic acids is 1. The van der Waals surface area contributed by atoms with E-state index < -0.39 is 0 Å². The molecule has 2 aliphatic heterocycles. The molecular formula is C15H26N2OS. The molecule has 3 rings (SSSR count). The van der Waals surface area contributed by atoms with E-state index in [1.807, 2.05) is 0 Å². The van der Waals surface area contributed by atoms with Crippen molar-refractivity contribution < 1.29 is 4.79 Å². The largest absolute Gasteiger partial charge is 0.324 e. The molecule has 2 unspecified atom stereocenters. The van der Waals surface area contributed by atoms with Crippen LogP contribution in [0.1, 0.15) is 58.3 Å². The number of thioether (sulfide) groups is 1. The van der Waals surface area contributed by atoms with Crippen molar-refractivity contribution in [3.8, 4) is 0 Å². The summed E-state index contributed by atoms with van der Waals surface area (Å²) >= 11 is 2.06. The highest BCUT2D eigenvalue weighted by molar-refractivity contribution is 8.00. The van der Waals surface area contributed by atoms with Gasteiger partial charge in [0.15, 0.2) is 0 Å². The Labute approximate surface area is 120 Å². The van der Waals surface area contributed by atoms with Gasteiger partial charge in [-0.2, -0.15) is 11.8 Å². The molecule has 3 nitrogen and oxygen atoms in total. The summed E-state index contributed by atoms with van der Waals surface area (Å²) in [6.07, 6.45) is 9.71. The zero-order valence-electron chi connectivity index (χ0n) is 12.0. The maximum atomic E-state index is 12.9. The van der Waals surface area contributed by atoms with E-state index >= 15 is 0 Å². The molecule has 3 aliphatic rings. The number of rotatable bonds is 4. The first kappa shape index (κ1) is 13.7. The lowest BCUT2D eigenvalue weighted by molar-refractivity contribution is -0.133. The van der Waals surface area contributed by atoms with Crippen LogP contribution in [0.2, 0.25) is 0 Å². The molecule has 0 aromatic heterocycles. The molecule has 3 fully saturated rings. The predicted molar refractivity (Wildman–Crippen MR) is 80.2 cm³/mol. The molecule has 108 valence electrons. The summed E-state index contributed by atoms with van der Waals surface area (Å²) in [6.45, 7) is 3.19. The SMILES string of the molecule is CCCC1NC2(CCCC2)C(=O)N1CC1CCCS1. The topological polar surface area (TPSA) is 32.3 Å². The van der Waals surface area contributed by atoms with Gasteiger partial charge >= 0.3 is 0 Å². The van der Waals surface area contributed by atoms with E-state index in [0.717, 1.165) is 32.2 Å². The van der Waals surface area contributed by atoms with Crippen LogP contribution in [-0.2, 0) is 4.79 Å². The molecule has 0 aromatic rings. The molecule has 0 radical (unpaired) electrons. The molecule has 19 heavy (non-hydrogen) atoms.